The van der Waals surface area contributed by atoms with E-state index in [1.807, 2.05) is 0 Å². The molecule has 0 aliphatic rings. The number of amides is 1. The molecule has 1 aromatic carbocycles. The van der Waals surface area contributed by atoms with Crippen molar-refractivity contribution >= 4 is 27.3 Å². The van der Waals surface area contributed by atoms with Gasteiger partial charge in [0.05, 0.1) is 17.1 Å². The molecule has 1 rings (SSSR count). The molecule has 1 aromatic rings. The Morgan fingerprint density at radius 3 is 2.43 bits per heavy atom. The monoisotopic (exact) mass is 346 g/mol. The molecule has 0 heterocycles. The van der Waals surface area contributed by atoms with Crippen LogP contribution in [0.1, 0.15) is 27.7 Å². The van der Waals surface area contributed by atoms with Crippen molar-refractivity contribution in [3.05, 3.63) is 24.0 Å². The van der Waals surface area contributed by atoms with Crippen LogP contribution in [0.4, 0.5) is 20.6 Å². The minimum Gasteiger partial charge on any atom is -0.444 e. The van der Waals surface area contributed by atoms with E-state index in [0.717, 1.165) is 6.26 Å². The van der Waals surface area contributed by atoms with Crippen LogP contribution in [0.5, 0.6) is 0 Å². The maximum absolute atomic E-state index is 13.4. The zero-order valence-corrected chi connectivity index (χ0v) is 14.8. The first-order valence-electron chi connectivity index (χ1n) is 7.09. The lowest BCUT2D eigenvalue weighted by Gasteiger charge is -2.21. The molecule has 1 unspecified atom stereocenters. The number of nitrogens with one attached hydrogen (secondary N) is 2. The molecule has 23 heavy (non-hydrogen) atoms. The van der Waals surface area contributed by atoms with Crippen LogP contribution in [-0.4, -0.2) is 38.2 Å². The van der Waals surface area contributed by atoms with Crippen molar-refractivity contribution in [1.29, 1.82) is 0 Å². The van der Waals surface area contributed by atoms with Gasteiger partial charge in [-0.05, 0) is 45.9 Å². The predicted octanol–water partition coefficient (Wildman–Crippen LogP) is 3.02. The highest BCUT2D eigenvalue weighted by atomic mass is 32.2. The van der Waals surface area contributed by atoms with Crippen molar-refractivity contribution in [2.75, 3.05) is 22.6 Å². The Morgan fingerprint density at radius 1 is 1.30 bits per heavy atom. The van der Waals surface area contributed by atoms with Gasteiger partial charge in [0, 0.05) is 12.3 Å². The lowest BCUT2D eigenvalue weighted by Crippen LogP contribution is -2.28. The third kappa shape index (κ3) is 7.83. The molecule has 0 aromatic heterocycles. The first-order valence-corrected chi connectivity index (χ1v) is 9.15. The fraction of sp³-hybridized carbons (Fsp3) is 0.533. The lowest BCUT2D eigenvalue weighted by molar-refractivity contribution is 0.0636. The van der Waals surface area contributed by atoms with Gasteiger partial charge in [-0.3, -0.25) is 5.32 Å². The molecular weight excluding hydrogens is 323 g/mol. The van der Waals surface area contributed by atoms with Crippen molar-refractivity contribution in [2.45, 2.75) is 39.3 Å². The van der Waals surface area contributed by atoms with Crippen LogP contribution in [0.15, 0.2) is 18.2 Å². The van der Waals surface area contributed by atoms with E-state index in [1.54, 1.807) is 27.7 Å². The maximum Gasteiger partial charge on any atom is 0.412 e. The molecule has 0 saturated heterocycles. The van der Waals surface area contributed by atoms with E-state index in [2.05, 4.69) is 10.6 Å². The van der Waals surface area contributed by atoms with E-state index in [0.29, 0.717) is 5.69 Å². The van der Waals surface area contributed by atoms with Gasteiger partial charge in [-0.15, -0.1) is 0 Å². The molecule has 0 bridgehead atoms. The van der Waals surface area contributed by atoms with Crippen LogP contribution in [0, 0.1) is 5.82 Å². The number of benzene rings is 1. The first kappa shape index (κ1) is 19.2. The van der Waals surface area contributed by atoms with Crippen LogP contribution in [0.2, 0.25) is 0 Å². The average molecular weight is 346 g/mol. The van der Waals surface area contributed by atoms with Gasteiger partial charge in [-0.1, -0.05) is 0 Å². The van der Waals surface area contributed by atoms with E-state index in [4.69, 9.17) is 4.74 Å². The Morgan fingerprint density at radius 2 is 1.91 bits per heavy atom. The number of hydrogen-bond donors (Lipinski definition) is 2. The predicted molar refractivity (Wildman–Crippen MR) is 89.1 cm³/mol. The van der Waals surface area contributed by atoms with Gasteiger partial charge in [-0.2, -0.15) is 0 Å². The molecule has 0 fully saturated rings. The summed E-state index contributed by atoms with van der Waals surface area (Å²) in [4.78, 5) is 11.8. The van der Waals surface area contributed by atoms with Crippen molar-refractivity contribution in [2.24, 2.45) is 0 Å². The Hall–Kier alpha value is -1.83. The molecular formula is C15H23FN2O4S. The Kier molecular flexibility index (Phi) is 5.98. The summed E-state index contributed by atoms with van der Waals surface area (Å²) in [6.45, 7) is 6.84. The molecule has 8 heteroatoms. The summed E-state index contributed by atoms with van der Waals surface area (Å²) >= 11 is 0. The molecule has 6 nitrogen and oxygen atoms in total. The second-order valence-electron chi connectivity index (χ2n) is 6.45. The molecule has 1 amide bonds. The number of anilines is 2. The Labute approximate surface area is 136 Å². The van der Waals surface area contributed by atoms with E-state index in [-0.39, 0.29) is 11.4 Å². The van der Waals surface area contributed by atoms with Gasteiger partial charge in [0.1, 0.15) is 21.3 Å². The average Bonchev–Trinajstić information content (AvgIpc) is 2.27. The number of hydrogen-bond acceptors (Lipinski definition) is 5. The highest BCUT2D eigenvalue weighted by molar-refractivity contribution is 7.90. The number of ether oxygens (including phenoxy) is 1. The van der Waals surface area contributed by atoms with Gasteiger partial charge < -0.3 is 10.1 Å². The van der Waals surface area contributed by atoms with E-state index in [1.165, 1.54) is 18.2 Å². The number of carbonyl (C=O) groups excluding carboxylic acids is 1. The summed E-state index contributed by atoms with van der Waals surface area (Å²) in [6.07, 6.45) is 0.444. The van der Waals surface area contributed by atoms with Crippen LogP contribution in [0.3, 0.4) is 0 Å². The second kappa shape index (κ2) is 7.16. The minimum atomic E-state index is -3.18. The van der Waals surface area contributed by atoms with Crippen molar-refractivity contribution in [3.63, 3.8) is 0 Å². The zero-order chi connectivity index (χ0) is 17.8. The number of halogens is 1. The lowest BCUT2D eigenvalue weighted by atomic mass is 10.2. The van der Waals surface area contributed by atoms with Crippen LogP contribution < -0.4 is 10.6 Å². The minimum absolute atomic E-state index is 0.116. The summed E-state index contributed by atoms with van der Waals surface area (Å²) < 4.78 is 41.2. The molecule has 0 spiro atoms. The highest BCUT2D eigenvalue weighted by Gasteiger charge is 2.18. The summed E-state index contributed by atoms with van der Waals surface area (Å²) in [5.41, 5.74) is -0.0746. The van der Waals surface area contributed by atoms with Crippen molar-refractivity contribution in [1.82, 2.24) is 0 Å². The van der Waals surface area contributed by atoms with Crippen LogP contribution in [-0.2, 0) is 14.6 Å². The largest absolute Gasteiger partial charge is 0.444 e. The normalized spacial score (nSPS) is 13.3. The van der Waals surface area contributed by atoms with Gasteiger partial charge in [0.2, 0.25) is 0 Å². The van der Waals surface area contributed by atoms with Crippen molar-refractivity contribution < 1.29 is 22.3 Å². The fourth-order valence-electron chi connectivity index (χ4n) is 1.92. The molecule has 2 N–H and O–H groups in total. The Bertz CT molecular complexity index is 669. The number of rotatable bonds is 5. The second-order valence-corrected chi connectivity index (χ2v) is 8.64. The number of sulfone groups is 1. The third-order valence-electron chi connectivity index (χ3n) is 2.57. The van der Waals surface area contributed by atoms with Gasteiger partial charge in [-0.25, -0.2) is 17.6 Å². The molecule has 0 aliphatic carbocycles. The highest BCUT2D eigenvalue weighted by Crippen LogP contribution is 2.24. The molecule has 0 saturated carbocycles. The van der Waals surface area contributed by atoms with Gasteiger partial charge in [0.25, 0.3) is 0 Å². The SMILES string of the molecule is CC(CS(C)(=O)=O)Nc1cc(F)ccc1NC(=O)OC(C)(C)C. The van der Waals surface area contributed by atoms with Crippen LogP contribution in [0.25, 0.3) is 0 Å². The molecule has 1 atom stereocenters. The topological polar surface area (TPSA) is 84.5 Å². The summed E-state index contributed by atoms with van der Waals surface area (Å²) in [6, 6.07) is 3.31. The van der Waals surface area contributed by atoms with Crippen molar-refractivity contribution in [3.8, 4) is 0 Å². The molecule has 0 aliphatic heterocycles. The van der Waals surface area contributed by atoms with Gasteiger partial charge in [0.15, 0.2) is 0 Å². The maximum atomic E-state index is 13.4. The first-order chi connectivity index (χ1) is 10.4. The summed E-state index contributed by atoms with van der Waals surface area (Å²) in [7, 11) is -3.18. The quantitative estimate of drug-likeness (QED) is 0.856. The molecule has 130 valence electrons. The standard InChI is InChI=1S/C15H23FN2O4S/c1-10(9-23(5,20)21)17-13-8-11(16)6-7-12(13)18-14(19)22-15(2,3)4/h6-8,10,17H,9H2,1-5H3,(H,18,19). The van der Waals surface area contributed by atoms with E-state index < -0.39 is 33.4 Å². The summed E-state index contributed by atoms with van der Waals surface area (Å²) in [5.74, 6) is -0.621. The fourth-order valence-corrected chi connectivity index (χ4v) is 2.91. The van der Waals surface area contributed by atoms with E-state index >= 15 is 0 Å². The van der Waals surface area contributed by atoms with Gasteiger partial charge >= 0.3 is 6.09 Å². The third-order valence-corrected chi connectivity index (χ3v) is 3.68. The number of carbonyl (C=O) groups is 1. The molecule has 0 radical (unpaired) electrons. The van der Waals surface area contributed by atoms with E-state index in [9.17, 15) is 17.6 Å². The summed E-state index contributed by atoms with van der Waals surface area (Å²) in [5, 5.41) is 5.41. The smallest absolute Gasteiger partial charge is 0.412 e. The van der Waals surface area contributed by atoms with Crippen LogP contribution >= 0.6 is 0 Å². The Balaban J connectivity index is 2.91. The zero-order valence-electron chi connectivity index (χ0n) is 13.9.